The molecule has 0 aliphatic carbocycles. The number of rotatable bonds is 3. The van der Waals surface area contributed by atoms with Gasteiger partial charge in [-0.15, -0.1) is 0 Å². The highest BCUT2D eigenvalue weighted by Gasteiger charge is 2.31. The highest BCUT2D eigenvalue weighted by Crippen LogP contribution is 2.27. The Morgan fingerprint density at radius 3 is 2.57 bits per heavy atom. The summed E-state index contributed by atoms with van der Waals surface area (Å²) in [5, 5.41) is 13.6. The van der Waals surface area contributed by atoms with Gasteiger partial charge in [-0.05, 0) is 38.4 Å². The van der Waals surface area contributed by atoms with Crippen LogP contribution in [0.4, 0.5) is 0 Å². The van der Waals surface area contributed by atoms with Crippen LogP contribution in [0.2, 0.25) is 0 Å². The number of nitrogens with one attached hydrogen (secondary N) is 1. The normalized spacial score (nSPS) is 22.6. The van der Waals surface area contributed by atoms with Gasteiger partial charge in [0.05, 0.1) is 5.60 Å². The Kier molecular flexibility index (Phi) is 4.11. The van der Waals surface area contributed by atoms with Crippen LogP contribution in [0.15, 0.2) is 36.5 Å². The molecule has 2 nitrogen and oxygen atoms in total. The van der Waals surface area contributed by atoms with Gasteiger partial charge in [-0.3, -0.25) is 0 Å². The summed E-state index contributed by atoms with van der Waals surface area (Å²) in [6.45, 7) is 7.39. The highest BCUT2D eigenvalue weighted by atomic mass is 16.3. The fraction of sp³-hybridized carbons (Fsp3) is 0.500. The molecule has 1 aliphatic heterocycles. The van der Waals surface area contributed by atoms with Crippen molar-refractivity contribution in [2.24, 2.45) is 0 Å². The van der Waals surface area contributed by atoms with Gasteiger partial charge < -0.3 is 10.4 Å². The SMILES string of the molecule is C=C/C=C(\C=C/C)C1(O)CCNCC1. The van der Waals surface area contributed by atoms with E-state index in [4.69, 9.17) is 0 Å². The molecule has 1 aliphatic rings. The molecule has 0 spiro atoms. The van der Waals surface area contributed by atoms with Gasteiger partial charge in [0.1, 0.15) is 0 Å². The molecule has 0 radical (unpaired) electrons. The van der Waals surface area contributed by atoms with Crippen molar-refractivity contribution < 1.29 is 5.11 Å². The van der Waals surface area contributed by atoms with Crippen molar-refractivity contribution >= 4 is 0 Å². The first-order valence-corrected chi connectivity index (χ1v) is 5.12. The zero-order valence-electron chi connectivity index (χ0n) is 8.79. The summed E-state index contributed by atoms with van der Waals surface area (Å²) < 4.78 is 0. The molecule has 0 aromatic heterocycles. The lowest BCUT2D eigenvalue weighted by atomic mass is 9.84. The maximum atomic E-state index is 10.4. The van der Waals surface area contributed by atoms with E-state index in [0.717, 1.165) is 31.5 Å². The lowest BCUT2D eigenvalue weighted by molar-refractivity contribution is 0.0497. The third-order valence-corrected chi connectivity index (χ3v) is 2.61. The van der Waals surface area contributed by atoms with E-state index in [9.17, 15) is 5.11 Å². The van der Waals surface area contributed by atoms with Crippen LogP contribution in [0.5, 0.6) is 0 Å². The summed E-state index contributed by atoms with van der Waals surface area (Å²) in [5.41, 5.74) is 0.308. The number of piperidine rings is 1. The molecule has 1 rings (SSSR count). The van der Waals surface area contributed by atoms with Crippen LogP contribution in [0.3, 0.4) is 0 Å². The maximum Gasteiger partial charge on any atom is 0.0920 e. The van der Waals surface area contributed by atoms with Crippen molar-refractivity contribution in [1.29, 1.82) is 0 Å². The van der Waals surface area contributed by atoms with Gasteiger partial charge >= 0.3 is 0 Å². The molecule has 0 unspecified atom stereocenters. The lowest BCUT2D eigenvalue weighted by Crippen LogP contribution is -2.42. The Morgan fingerprint density at radius 2 is 2.07 bits per heavy atom. The van der Waals surface area contributed by atoms with E-state index in [2.05, 4.69) is 11.9 Å². The van der Waals surface area contributed by atoms with E-state index in [0.29, 0.717) is 0 Å². The van der Waals surface area contributed by atoms with Gasteiger partial charge in [-0.1, -0.05) is 30.9 Å². The summed E-state index contributed by atoms with van der Waals surface area (Å²) in [6, 6.07) is 0. The molecule has 0 bridgehead atoms. The molecule has 78 valence electrons. The van der Waals surface area contributed by atoms with Crippen molar-refractivity contribution in [3.63, 3.8) is 0 Å². The summed E-state index contributed by atoms with van der Waals surface area (Å²) in [4.78, 5) is 0. The van der Waals surface area contributed by atoms with E-state index < -0.39 is 5.60 Å². The van der Waals surface area contributed by atoms with Crippen LogP contribution in [0.1, 0.15) is 19.8 Å². The molecule has 0 aromatic rings. The van der Waals surface area contributed by atoms with Crippen molar-refractivity contribution in [3.8, 4) is 0 Å². The van der Waals surface area contributed by atoms with Gasteiger partial charge in [0, 0.05) is 0 Å². The van der Waals surface area contributed by atoms with Crippen molar-refractivity contribution in [2.75, 3.05) is 13.1 Å². The molecule has 0 aromatic carbocycles. The number of hydrogen-bond acceptors (Lipinski definition) is 2. The second kappa shape index (κ2) is 5.13. The van der Waals surface area contributed by atoms with E-state index in [-0.39, 0.29) is 0 Å². The number of hydrogen-bond donors (Lipinski definition) is 2. The van der Waals surface area contributed by atoms with Crippen LogP contribution < -0.4 is 5.32 Å². The van der Waals surface area contributed by atoms with Gasteiger partial charge in [-0.25, -0.2) is 0 Å². The second-order valence-corrected chi connectivity index (χ2v) is 3.64. The molecule has 1 heterocycles. The number of allylic oxidation sites excluding steroid dienone is 3. The first-order valence-electron chi connectivity index (χ1n) is 5.12. The van der Waals surface area contributed by atoms with E-state index in [1.165, 1.54) is 0 Å². The minimum Gasteiger partial charge on any atom is -0.385 e. The van der Waals surface area contributed by atoms with E-state index in [1.54, 1.807) is 6.08 Å². The van der Waals surface area contributed by atoms with Crippen molar-refractivity contribution in [3.05, 3.63) is 36.5 Å². The predicted molar refractivity (Wildman–Crippen MR) is 60.1 cm³/mol. The van der Waals surface area contributed by atoms with Gasteiger partial charge in [0.25, 0.3) is 0 Å². The van der Waals surface area contributed by atoms with Crippen LogP contribution in [0, 0.1) is 0 Å². The predicted octanol–water partition coefficient (Wildman–Crippen LogP) is 1.79. The van der Waals surface area contributed by atoms with Gasteiger partial charge in [0.2, 0.25) is 0 Å². The fourth-order valence-corrected chi connectivity index (χ4v) is 1.80. The van der Waals surface area contributed by atoms with Gasteiger partial charge in [-0.2, -0.15) is 0 Å². The highest BCUT2D eigenvalue weighted by molar-refractivity contribution is 5.32. The third-order valence-electron chi connectivity index (χ3n) is 2.61. The Bertz CT molecular complexity index is 247. The minimum absolute atomic E-state index is 0.661. The molecular formula is C12H19NO. The Hall–Kier alpha value is -0.860. The Morgan fingerprint density at radius 1 is 1.43 bits per heavy atom. The summed E-state index contributed by atoms with van der Waals surface area (Å²) in [6.07, 6.45) is 9.09. The lowest BCUT2D eigenvalue weighted by Gasteiger charge is -2.33. The standard InChI is InChI=1S/C12H19NO/c1-3-5-11(6-4-2)12(14)7-9-13-10-8-12/h3-6,13-14H,1,7-10H2,2H3/b6-4-,11-5+. The molecular weight excluding hydrogens is 174 g/mol. The van der Waals surface area contributed by atoms with Crippen molar-refractivity contribution in [2.45, 2.75) is 25.4 Å². The molecule has 1 saturated heterocycles. The number of aliphatic hydroxyl groups is 1. The van der Waals surface area contributed by atoms with Gasteiger partial charge in [0.15, 0.2) is 0 Å². The van der Waals surface area contributed by atoms with Crippen LogP contribution in [0.25, 0.3) is 0 Å². The first kappa shape index (κ1) is 11.2. The minimum atomic E-state index is -0.661. The van der Waals surface area contributed by atoms with Crippen LogP contribution in [-0.4, -0.2) is 23.8 Å². The topological polar surface area (TPSA) is 32.3 Å². The van der Waals surface area contributed by atoms with Crippen molar-refractivity contribution in [1.82, 2.24) is 5.32 Å². The zero-order valence-corrected chi connectivity index (χ0v) is 8.79. The maximum absolute atomic E-state index is 10.4. The second-order valence-electron chi connectivity index (χ2n) is 3.64. The summed E-state index contributed by atoms with van der Waals surface area (Å²) in [7, 11) is 0. The Labute approximate surface area is 86.0 Å². The zero-order chi connectivity index (χ0) is 10.4. The van der Waals surface area contributed by atoms with E-state index >= 15 is 0 Å². The molecule has 0 atom stereocenters. The molecule has 1 fully saturated rings. The average molecular weight is 193 g/mol. The van der Waals surface area contributed by atoms with E-state index in [1.807, 2.05) is 25.2 Å². The summed E-state index contributed by atoms with van der Waals surface area (Å²) in [5.74, 6) is 0. The summed E-state index contributed by atoms with van der Waals surface area (Å²) >= 11 is 0. The first-order chi connectivity index (χ1) is 6.73. The largest absolute Gasteiger partial charge is 0.385 e. The fourth-order valence-electron chi connectivity index (χ4n) is 1.80. The van der Waals surface area contributed by atoms with Crippen LogP contribution >= 0.6 is 0 Å². The average Bonchev–Trinajstić information content (AvgIpc) is 2.19. The molecule has 2 N–H and O–H groups in total. The third kappa shape index (κ3) is 2.56. The quantitative estimate of drug-likeness (QED) is 0.670. The Balaban J connectivity index is 2.84. The smallest absolute Gasteiger partial charge is 0.0920 e. The monoisotopic (exact) mass is 193 g/mol. The molecule has 14 heavy (non-hydrogen) atoms. The molecule has 0 amide bonds. The molecule has 0 saturated carbocycles. The molecule has 2 heteroatoms. The van der Waals surface area contributed by atoms with Crippen LogP contribution in [-0.2, 0) is 0 Å².